The number of benzene rings is 3. The van der Waals surface area contributed by atoms with Gasteiger partial charge in [0, 0.05) is 28.3 Å². The van der Waals surface area contributed by atoms with Gasteiger partial charge in [-0.25, -0.2) is 0 Å². The molecule has 1 aliphatic heterocycles. The van der Waals surface area contributed by atoms with Gasteiger partial charge in [-0.05, 0) is 117 Å². The predicted octanol–water partition coefficient (Wildman–Crippen LogP) is 10.4. The lowest BCUT2D eigenvalue weighted by atomic mass is 9.64. The summed E-state index contributed by atoms with van der Waals surface area (Å²) in [5, 5.41) is 25.3. The van der Waals surface area contributed by atoms with Gasteiger partial charge in [0.2, 0.25) is 5.78 Å². The molecule has 3 aromatic rings. The number of rotatable bonds is 7. The molecule has 3 atom stereocenters. The van der Waals surface area contributed by atoms with Crippen LogP contribution in [-0.2, 0) is 6.42 Å². The van der Waals surface area contributed by atoms with Gasteiger partial charge in [0.05, 0.1) is 0 Å². The Bertz CT molecular complexity index is 1740. The Hall–Kier alpha value is -3.79. The molecule has 2 N–H and O–H groups in total. The Morgan fingerprint density at radius 3 is 2.23 bits per heavy atom. The van der Waals surface area contributed by atoms with Crippen LogP contribution in [0.4, 0.5) is 0 Å². The monoisotopic (exact) mass is 592 g/mol. The zero-order valence-corrected chi connectivity index (χ0v) is 28.1. The van der Waals surface area contributed by atoms with Gasteiger partial charge < -0.3 is 14.9 Å². The molecule has 232 valence electrons. The molecule has 5 rings (SSSR count). The standard InChI is InChI=1S/C40H48O4/c1-20(2)12-11-13-27-24(9)15-17-28-34(27)39(43)38(42)31(23(7)8)35(28)36-30(18-21(3)4)44-40-33-26(16-14-25(10)32(33)36)19-29(22(5)6)37(40)41/h12,14-19,22-23,30,35-36,41-42H,11,13H2,1-10H3/t30-,35+,36-/m1/s1. The van der Waals surface area contributed by atoms with Gasteiger partial charge in [-0.15, -0.1) is 0 Å². The van der Waals surface area contributed by atoms with Crippen molar-refractivity contribution in [3.8, 4) is 11.5 Å². The highest BCUT2D eigenvalue weighted by molar-refractivity contribution is 6.11. The number of carbonyl (C=O) groups excluding carboxylic acids is 1. The van der Waals surface area contributed by atoms with Gasteiger partial charge in [-0.2, -0.15) is 0 Å². The number of aliphatic hydroxyl groups is 1. The van der Waals surface area contributed by atoms with E-state index in [0.717, 1.165) is 68.1 Å². The van der Waals surface area contributed by atoms with E-state index in [0.29, 0.717) is 11.3 Å². The molecule has 1 heterocycles. The Labute approximate surface area is 263 Å². The van der Waals surface area contributed by atoms with E-state index in [4.69, 9.17) is 4.74 Å². The Morgan fingerprint density at radius 2 is 1.61 bits per heavy atom. The lowest BCUT2D eigenvalue weighted by Gasteiger charge is -2.43. The third-order valence-corrected chi connectivity index (χ3v) is 9.48. The number of fused-ring (bicyclic) bond motifs is 1. The van der Waals surface area contributed by atoms with Crippen LogP contribution < -0.4 is 4.74 Å². The molecule has 0 fully saturated rings. The third-order valence-electron chi connectivity index (χ3n) is 9.48. The van der Waals surface area contributed by atoms with Crippen LogP contribution in [0, 0.1) is 19.8 Å². The van der Waals surface area contributed by atoms with Crippen molar-refractivity contribution in [2.45, 2.75) is 106 Å². The molecule has 0 saturated carbocycles. The normalized spacial score (nSPS) is 19.4. The molecule has 4 nitrogen and oxygen atoms in total. The summed E-state index contributed by atoms with van der Waals surface area (Å²) < 4.78 is 6.88. The fraction of sp³-hybridized carbons (Fsp3) is 0.425. The van der Waals surface area contributed by atoms with Crippen molar-refractivity contribution in [3.05, 3.63) is 104 Å². The second-order valence-corrected chi connectivity index (χ2v) is 14.0. The molecular formula is C40H48O4. The first-order valence-electron chi connectivity index (χ1n) is 16.1. The smallest absolute Gasteiger partial charge is 0.227 e. The highest BCUT2D eigenvalue weighted by Gasteiger charge is 2.47. The van der Waals surface area contributed by atoms with Crippen LogP contribution in [-0.4, -0.2) is 22.1 Å². The summed E-state index contributed by atoms with van der Waals surface area (Å²) in [6, 6.07) is 10.6. The first-order chi connectivity index (χ1) is 20.7. The lowest BCUT2D eigenvalue weighted by molar-refractivity contribution is 0.0958. The molecule has 1 aliphatic carbocycles. The molecule has 3 aromatic carbocycles. The van der Waals surface area contributed by atoms with Crippen molar-refractivity contribution in [2.24, 2.45) is 5.92 Å². The zero-order valence-electron chi connectivity index (χ0n) is 28.1. The fourth-order valence-corrected chi connectivity index (χ4v) is 7.49. The number of allylic oxidation sites excluding steroid dienone is 5. The van der Waals surface area contributed by atoms with Crippen LogP contribution in [0.2, 0.25) is 0 Å². The number of carbonyl (C=O) groups is 1. The average molecular weight is 593 g/mol. The van der Waals surface area contributed by atoms with E-state index in [1.54, 1.807) is 0 Å². The van der Waals surface area contributed by atoms with Gasteiger partial charge in [0.25, 0.3) is 0 Å². The SMILES string of the molecule is CC(C)=CCCc1c(C)ccc2c1C(=O)C(O)=C(C(C)C)[C@H]2[C@H]1c2c(C)ccc3cc(C(C)C)c(O)c(c23)O[C@@H]1C=C(C)C. The van der Waals surface area contributed by atoms with Crippen molar-refractivity contribution in [3.63, 3.8) is 0 Å². The number of ether oxygens (including phenoxy) is 1. The van der Waals surface area contributed by atoms with E-state index in [-0.39, 0.29) is 41.0 Å². The summed E-state index contributed by atoms with van der Waals surface area (Å²) in [6.45, 7) is 20.8. The second-order valence-electron chi connectivity index (χ2n) is 14.0. The minimum atomic E-state index is -0.423. The van der Waals surface area contributed by atoms with Gasteiger partial charge in [-0.3, -0.25) is 4.79 Å². The molecule has 44 heavy (non-hydrogen) atoms. The van der Waals surface area contributed by atoms with Crippen LogP contribution >= 0.6 is 0 Å². The number of aliphatic hydroxyl groups excluding tert-OH is 1. The van der Waals surface area contributed by atoms with Crippen LogP contribution in [0.5, 0.6) is 11.5 Å². The summed E-state index contributed by atoms with van der Waals surface area (Å²) in [5.74, 6) is -0.152. The van der Waals surface area contributed by atoms with Gasteiger partial charge in [-0.1, -0.05) is 69.2 Å². The van der Waals surface area contributed by atoms with E-state index in [9.17, 15) is 15.0 Å². The van der Waals surface area contributed by atoms with Crippen LogP contribution in [0.1, 0.15) is 123 Å². The van der Waals surface area contributed by atoms with Crippen LogP contribution in [0.15, 0.2) is 65.0 Å². The minimum Gasteiger partial charge on any atom is -0.504 e. The summed E-state index contributed by atoms with van der Waals surface area (Å²) in [6.07, 6.45) is 5.48. The Kier molecular flexibility index (Phi) is 8.59. The quantitative estimate of drug-likeness (QED) is 0.268. The van der Waals surface area contributed by atoms with E-state index in [1.165, 1.54) is 5.57 Å². The maximum Gasteiger partial charge on any atom is 0.227 e. The summed E-state index contributed by atoms with van der Waals surface area (Å²) in [4.78, 5) is 14.1. The van der Waals surface area contributed by atoms with E-state index in [1.807, 2.05) is 0 Å². The topological polar surface area (TPSA) is 66.8 Å². The first-order valence-corrected chi connectivity index (χ1v) is 16.1. The molecule has 4 heteroatoms. The van der Waals surface area contributed by atoms with E-state index >= 15 is 0 Å². The van der Waals surface area contributed by atoms with Crippen molar-refractivity contribution >= 4 is 16.6 Å². The number of hydrogen-bond acceptors (Lipinski definition) is 4. The predicted molar refractivity (Wildman–Crippen MR) is 182 cm³/mol. The van der Waals surface area contributed by atoms with E-state index in [2.05, 4.69) is 112 Å². The number of ketones is 1. The largest absolute Gasteiger partial charge is 0.504 e. The van der Waals surface area contributed by atoms with Crippen LogP contribution in [0.3, 0.4) is 0 Å². The number of hydrogen-bond donors (Lipinski definition) is 2. The van der Waals surface area contributed by atoms with Gasteiger partial charge in [0.15, 0.2) is 17.3 Å². The van der Waals surface area contributed by atoms with Crippen molar-refractivity contribution < 1.29 is 19.7 Å². The summed E-state index contributed by atoms with van der Waals surface area (Å²) >= 11 is 0. The molecule has 0 bridgehead atoms. The summed E-state index contributed by atoms with van der Waals surface area (Å²) in [5.41, 5.74) is 9.85. The van der Waals surface area contributed by atoms with Crippen LogP contribution in [0.25, 0.3) is 10.8 Å². The van der Waals surface area contributed by atoms with Gasteiger partial charge >= 0.3 is 0 Å². The molecule has 0 radical (unpaired) electrons. The highest BCUT2D eigenvalue weighted by Crippen LogP contribution is 2.57. The van der Waals surface area contributed by atoms with Crippen molar-refractivity contribution in [2.75, 3.05) is 0 Å². The molecule has 0 saturated heterocycles. The molecule has 2 aliphatic rings. The number of phenolic OH excluding ortho intramolecular Hbond substituents is 1. The number of Topliss-reactive ketones (excluding diaryl/α,β-unsaturated/α-hetero) is 1. The van der Waals surface area contributed by atoms with E-state index < -0.39 is 6.10 Å². The Balaban J connectivity index is 1.87. The maximum atomic E-state index is 14.1. The Morgan fingerprint density at radius 1 is 0.932 bits per heavy atom. The molecular weight excluding hydrogens is 544 g/mol. The van der Waals surface area contributed by atoms with Crippen molar-refractivity contribution in [1.29, 1.82) is 0 Å². The summed E-state index contributed by atoms with van der Waals surface area (Å²) in [7, 11) is 0. The fourth-order valence-electron chi connectivity index (χ4n) is 7.49. The maximum absolute atomic E-state index is 14.1. The zero-order chi connectivity index (χ0) is 32.2. The first kappa shape index (κ1) is 31.6. The average Bonchev–Trinajstić information content (AvgIpc) is 2.93. The number of aryl methyl sites for hydroxylation is 2. The van der Waals surface area contributed by atoms with Crippen molar-refractivity contribution in [1.82, 2.24) is 0 Å². The molecule has 0 unspecified atom stereocenters. The third kappa shape index (κ3) is 5.27. The lowest BCUT2D eigenvalue weighted by Crippen LogP contribution is -2.37. The second kappa shape index (κ2) is 12.0. The number of phenols is 1. The van der Waals surface area contributed by atoms with Gasteiger partial charge in [0.1, 0.15) is 6.10 Å². The molecule has 0 aromatic heterocycles. The number of aromatic hydroxyl groups is 1. The molecule has 0 spiro atoms. The highest BCUT2D eigenvalue weighted by atomic mass is 16.5. The minimum absolute atomic E-state index is 0.0718. The molecule has 0 amide bonds.